The summed E-state index contributed by atoms with van der Waals surface area (Å²) in [5.74, 6) is -0.696. The third-order valence-corrected chi connectivity index (χ3v) is 2.00. The van der Waals surface area contributed by atoms with E-state index < -0.39 is 5.97 Å². The standard InChI is InChI=1S/C12H19NO2/c1-2-10-13-11-8-6-4-3-5-7-9-12(14)15/h10-11H,1,3-9H2,(H,14,15)/b13-11-. The van der Waals surface area contributed by atoms with Crippen molar-refractivity contribution in [2.24, 2.45) is 4.99 Å². The van der Waals surface area contributed by atoms with E-state index in [0.717, 1.165) is 38.5 Å². The summed E-state index contributed by atoms with van der Waals surface area (Å²) in [6, 6.07) is 0. The minimum Gasteiger partial charge on any atom is -0.481 e. The Bertz CT molecular complexity index is 240. The Kier molecular flexibility index (Phi) is 9.78. The summed E-state index contributed by atoms with van der Waals surface area (Å²) in [7, 11) is 0. The molecule has 0 rings (SSSR count). The molecule has 0 radical (unpaired) electrons. The van der Waals surface area contributed by atoms with E-state index >= 15 is 0 Å². The van der Waals surface area contributed by atoms with Crippen LogP contribution in [-0.4, -0.2) is 17.3 Å². The first kappa shape index (κ1) is 13.7. The molecule has 0 spiro atoms. The topological polar surface area (TPSA) is 49.7 Å². The zero-order valence-electron chi connectivity index (χ0n) is 9.11. The van der Waals surface area contributed by atoms with Crippen molar-refractivity contribution in [1.29, 1.82) is 0 Å². The highest BCUT2D eigenvalue weighted by atomic mass is 16.4. The zero-order chi connectivity index (χ0) is 11.4. The van der Waals surface area contributed by atoms with E-state index in [9.17, 15) is 4.79 Å². The van der Waals surface area contributed by atoms with E-state index in [1.54, 1.807) is 6.20 Å². The lowest BCUT2D eigenvalue weighted by atomic mass is 10.1. The number of rotatable bonds is 9. The molecule has 0 fully saturated rings. The molecule has 0 aromatic carbocycles. The van der Waals surface area contributed by atoms with Crippen molar-refractivity contribution in [2.45, 2.75) is 44.9 Å². The summed E-state index contributed by atoms with van der Waals surface area (Å²) < 4.78 is 0. The molecule has 84 valence electrons. The van der Waals surface area contributed by atoms with Gasteiger partial charge in [-0.3, -0.25) is 9.79 Å². The van der Waals surface area contributed by atoms with Crippen molar-refractivity contribution in [1.82, 2.24) is 0 Å². The van der Waals surface area contributed by atoms with E-state index in [1.807, 2.05) is 6.21 Å². The maximum absolute atomic E-state index is 10.2. The van der Waals surface area contributed by atoms with Gasteiger partial charge >= 0.3 is 5.97 Å². The van der Waals surface area contributed by atoms with Gasteiger partial charge in [0.05, 0.1) is 6.20 Å². The van der Waals surface area contributed by atoms with Crippen molar-refractivity contribution in [3.8, 4) is 0 Å². The fourth-order valence-electron chi connectivity index (χ4n) is 1.22. The van der Waals surface area contributed by atoms with Gasteiger partial charge in [-0.1, -0.05) is 25.8 Å². The number of hydrogen-bond donors (Lipinski definition) is 1. The monoisotopic (exact) mass is 209 g/mol. The number of aliphatic carboxylic acids is 1. The summed E-state index contributed by atoms with van der Waals surface area (Å²) in [5, 5.41) is 8.40. The van der Waals surface area contributed by atoms with Crippen molar-refractivity contribution in [3.05, 3.63) is 18.5 Å². The molecule has 0 heterocycles. The van der Waals surface area contributed by atoms with Gasteiger partial charge in [0.2, 0.25) is 0 Å². The van der Waals surface area contributed by atoms with Crippen LogP contribution in [0.3, 0.4) is 0 Å². The lowest BCUT2D eigenvalue weighted by Crippen LogP contribution is -1.93. The minimum atomic E-state index is -0.696. The normalized spacial score (nSPS) is 10.1. The van der Waals surface area contributed by atoms with Crippen LogP contribution in [-0.2, 0) is 4.79 Å². The average molecular weight is 209 g/mol. The minimum absolute atomic E-state index is 0.297. The fraction of sp³-hybridized carbons (Fsp3) is 0.583. The molecule has 0 aliphatic carbocycles. The molecule has 0 aliphatic rings. The second kappa shape index (κ2) is 10.7. The third kappa shape index (κ3) is 12.7. The molecule has 0 aromatic rings. The molecule has 0 aliphatic heterocycles. The Balaban J connectivity index is 3.11. The maximum atomic E-state index is 10.2. The highest BCUT2D eigenvalue weighted by Gasteiger charge is 1.95. The molecule has 0 amide bonds. The summed E-state index contributed by atoms with van der Waals surface area (Å²) in [6.45, 7) is 3.40. The number of carboxylic acids is 1. The van der Waals surface area contributed by atoms with Crippen LogP contribution >= 0.6 is 0 Å². The van der Waals surface area contributed by atoms with E-state index in [-0.39, 0.29) is 0 Å². The van der Waals surface area contributed by atoms with Crippen LogP contribution in [0.2, 0.25) is 0 Å². The second-order valence-corrected chi connectivity index (χ2v) is 3.37. The van der Waals surface area contributed by atoms with Crippen LogP contribution < -0.4 is 0 Å². The van der Waals surface area contributed by atoms with E-state index in [1.165, 1.54) is 0 Å². The molecule has 0 atom stereocenters. The molecule has 3 heteroatoms. The summed E-state index contributed by atoms with van der Waals surface area (Å²) in [4.78, 5) is 14.1. The van der Waals surface area contributed by atoms with E-state index in [4.69, 9.17) is 5.11 Å². The van der Waals surface area contributed by atoms with Crippen LogP contribution in [0, 0.1) is 0 Å². The largest absolute Gasteiger partial charge is 0.481 e. The Morgan fingerprint density at radius 3 is 2.60 bits per heavy atom. The number of carboxylic acid groups (broad SMARTS) is 1. The van der Waals surface area contributed by atoms with Crippen LogP contribution in [0.1, 0.15) is 44.9 Å². The first-order valence-electron chi connectivity index (χ1n) is 5.35. The molecule has 1 N–H and O–H groups in total. The molecular weight excluding hydrogens is 190 g/mol. The van der Waals surface area contributed by atoms with Gasteiger partial charge in [-0.25, -0.2) is 0 Å². The number of hydrogen-bond acceptors (Lipinski definition) is 2. The number of unbranched alkanes of at least 4 members (excludes halogenated alkanes) is 5. The van der Waals surface area contributed by atoms with Gasteiger partial charge in [0.1, 0.15) is 0 Å². The molecule has 0 saturated heterocycles. The number of nitrogens with zero attached hydrogens (tertiary/aromatic N) is 1. The predicted molar refractivity (Wildman–Crippen MR) is 62.2 cm³/mol. The van der Waals surface area contributed by atoms with Crippen molar-refractivity contribution >= 4 is 12.2 Å². The Labute approximate surface area is 91.2 Å². The molecule has 0 bridgehead atoms. The van der Waals surface area contributed by atoms with Gasteiger partial charge in [-0.05, 0) is 19.3 Å². The molecule has 0 unspecified atom stereocenters. The number of carbonyl (C=O) groups is 1. The Hall–Kier alpha value is -1.34. The predicted octanol–water partition coefficient (Wildman–Crippen LogP) is 3.17. The van der Waals surface area contributed by atoms with Gasteiger partial charge in [-0.15, -0.1) is 5.73 Å². The lowest BCUT2D eigenvalue weighted by Gasteiger charge is -1.97. The number of aliphatic imine (C=N–C) groups is 1. The van der Waals surface area contributed by atoms with Crippen LogP contribution in [0.25, 0.3) is 0 Å². The second-order valence-electron chi connectivity index (χ2n) is 3.37. The quantitative estimate of drug-likeness (QED) is 0.360. The van der Waals surface area contributed by atoms with Crippen LogP contribution in [0.15, 0.2) is 23.5 Å². The van der Waals surface area contributed by atoms with Crippen LogP contribution in [0.5, 0.6) is 0 Å². The first-order valence-corrected chi connectivity index (χ1v) is 5.35. The van der Waals surface area contributed by atoms with Gasteiger partial charge < -0.3 is 5.11 Å². The van der Waals surface area contributed by atoms with Gasteiger partial charge in [0.25, 0.3) is 0 Å². The fourth-order valence-corrected chi connectivity index (χ4v) is 1.22. The van der Waals surface area contributed by atoms with E-state index in [2.05, 4.69) is 17.3 Å². The zero-order valence-corrected chi connectivity index (χ0v) is 9.11. The molecule has 0 aromatic heterocycles. The Morgan fingerprint density at radius 1 is 1.27 bits per heavy atom. The van der Waals surface area contributed by atoms with Gasteiger partial charge in [-0.2, -0.15) is 0 Å². The lowest BCUT2D eigenvalue weighted by molar-refractivity contribution is -0.137. The van der Waals surface area contributed by atoms with Gasteiger partial charge in [0, 0.05) is 12.6 Å². The highest BCUT2D eigenvalue weighted by molar-refractivity contribution is 5.66. The van der Waals surface area contributed by atoms with Crippen molar-refractivity contribution in [3.63, 3.8) is 0 Å². The maximum Gasteiger partial charge on any atom is 0.303 e. The van der Waals surface area contributed by atoms with E-state index in [0.29, 0.717) is 6.42 Å². The smallest absolute Gasteiger partial charge is 0.303 e. The SMILES string of the molecule is C=C=C/N=C\CCCCCCCC(=O)O. The van der Waals surface area contributed by atoms with Gasteiger partial charge in [0.15, 0.2) is 0 Å². The molecule has 3 nitrogen and oxygen atoms in total. The summed E-state index contributed by atoms with van der Waals surface area (Å²) in [5.41, 5.74) is 2.57. The average Bonchev–Trinajstić information content (AvgIpc) is 2.20. The molecule has 15 heavy (non-hydrogen) atoms. The summed E-state index contributed by atoms with van der Waals surface area (Å²) in [6.07, 6.45) is 9.84. The first-order chi connectivity index (χ1) is 7.27. The summed E-state index contributed by atoms with van der Waals surface area (Å²) >= 11 is 0. The molecular formula is C12H19NO2. The van der Waals surface area contributed by atoms with Crippen molar-refractivity contribution in [2.75, 3.05) is 0 Å². The Morgan fingerprint density at radius 2 is 1.93 bits per heavy atom. The van der Waals surface area contributed by atoms with Crippen molar-refractivity contribution < 1.29 is 9.90 Å². The third-order valence-electron chi connectivity index (χ3n) is 2.00. The molecule has 0 saturated carbocycles. The van der Waals surface area contributed by atoms with Crippen LogP contribution in [0.4, 0.5) is 0 Å². The highest BCUT2D eigenvalue weighted by Crippen LogP contribution is 2.06.